The van der Waals surface area contributed by atoms with Gasteiger partial charge in [-0.05, 0) is 13.8 Å². The van der Waals surface area contributed by atoms with Crippen molar-refractivity contribution in [2.45, 2.75) is 20.0 Å². The van der Waals surface area contributed by atoms with E-state index in [0.717, 1.165) is 6.54 Å². The first kappa shape index (κ1) is 9.40. The summed E-state index contributed by atoms with van der Waals surface area (Å²) in [6, 6.07) is 0. The Morgan fingerprint density at radius 2 is 2.10 bits per heavy atom. The van der Waals surface area contributed by atoms with Gasteiger partial charge in [0.15, 0.2) is 0 Å². The zero-order valence-corrected chi connectivity index (χ0v) is 6.67. The normalized spacial score (nSPS) is 15.1. The van der Waals surface area contributed by atoms with Crippen molar-refractivity contribution in [3.05, 3.63) is 24.3 Å². The average Bonchev–Trinajstić information content (AvgIpc) is 1.89. The van der Waals surface area contributed by atoms with Crippen LogP contribution in [-0.4, -0.2) is 12.7 Å². The second-order valence-electron chi connectivity index (χ2n) is 2.03. The zero-order chi connectivity index (χ0) is 7.82. The highest BCUT2D eigenvalue weighted by atomic mass is 15.0. The Morgan fingerprint density at radius 3 is 2.60 bits per heavy atom. The molecule has 0 heterocycles. The van der Waals surface area contributed by atoms with Gasteiger partial charge in [0, 0.05) is 6.54 Å². The molecule has 1 unspecified atom stereocenters. The Morgan fingerprint density at radius 1 is 1.40 bits per heavy atom. The minimum absolute atomic E-state index is 0.0128. The molecule has 10 heavy (non-hydrogen) atoms. The van der Waals surface area contributed by atoms with E-state index in [2.05, 4.69) is 5.32 Å². The Balaban J connectivity index is 3.30. The maximum absolute atomic E-state index is 5.59. The third-order valence-electron chi connectivity index (χ3n) is 1.11. The Kier molecular flexibility index (Phi) is 6.13. The van der Waals surface area contributed by atoms with Gasteiger partial charge in [-0.2, -0.15) is 0 Å². The predicted octanol–water partition coefficient (Wildman–Crippen LogP) is 1.01. The van der Waals surface area contributed by atoms with Gasteiger partial charge in [-0.3, -0.25) is 5.32 Å². The van der Waals surface area contributed by atoms with Gasteiger partial charge < -0.3 is 5.73 Å². The van der Waals surface area contributed by atoms with Crippen LogP contribution in [0.3, 0.4) is 0 Å². The summed E-state index contributed by atoms with van der Waals surface area (Å²) < 4.78 is 0. The topological polar surface area (TPSA) is 38.0 Å². The summed E-state index contributed by atoms with van der Waals surface area (Å²) in [4.78, 5) is 0. The van der Waals surface area contributed by atoms with E-state index < -0.39 is 0 Å². The monoisotopic (exact) mass is 140 g/mol. The standard InChI is InChI=1S/C8H16N2/c1-3-5-7-10-8(9)6-4-2/h3-6,8,10H,7,9H2,1-2H3. The third kappa shape index (κ3) is 5.54. The summed E-state index contributed by atoms with van der Waals surface area (Å²) in [5.74, 6) is 0. The molecule has 58 valence electrons. The zero-order valence-electron chi connectivity index (χ0n) is 6.67. The number of hydrogen-bond acceptors (Lipinski definition) is 2. The molecule has 0 amide bonds. The van der Waals surface area contributed by atoms with Crippen molar-refractivity contribution in [3.8, 4) is 0 Å². The first-order valence-corrected chi connectivity index (χ1v) is 3.54. The van der Waals surface area contributed by atoms with Crippen LogP contribution in [-0.2, 0) is 0 Å². The van der Waals surface area contributed by atoms with Crippen molar-refractivity contribution >= 4 is 0 Å². The molecule has 2 nitrogen and oxygen atoms in total. The summed E-state index contributed by atoms with van der Waals surface area (Å²) in [6.45, 7) is 4.78. The molecule has 0 aromatic heterocycles. The minimum atomic E-state index is -0.0128. The highest BCUT2D eigenvalue weighted by molar-refractivity contribution is 4.89. The van der Waals surface area contributed by atoms with Crippen molar-refractivity contribution in [3.63, 3.8) is 0 Å². The molecule has 0 rings (SSSR count). The van der Waals surface area contributed by atoms with Gasteiger partial charge in [0.2, 0.25) is 0 Å². The van der Waals surface area contributed by atoms with Crippen LogP contribution in [0.2, 0.25) is 0 Å². The summed E-state index contributed by atoms with van der Waals surface area (Å²) in [7, 11) is 0. The summed E-state index contributed by atoms with van der Waals surface area (Å²) in [5.41, 5.74) is 5.59. The maximum atomic E-state index is 5.59. The van der Waals surface area contributed by atoms with Gasteiger partial charge >= 0.3 is 0 Å². The lowest BCUT2D eigenvalue weighted by molar-refractivity contribution is 0.658. The van der Waals surface area contributed by atoms with Gasteiger partial charge in [-0.1, -0.05) is 24.3 Å². The number of nitrogens with one attached hydrogen (secondary N) is 1. The van der Waals surface area contributed by atoms with Crippen molar-refractivity contribution < 1.29 is 0 Å². The fourth-order valence-corrected chi connectivity index (χ4v) is 0.597. The van der Waals surface area contributed by atoms with E-state index in [0.29, 0.717) is 0 Å². The van der Waals surface area contributed by atoms with Crippen molar-refractivity contribution in [2.75, 3.05) is 6.54 Å². The molecule has 0 aromatic carbocycles. The SMILES string of the molecule is CC=CCNC(N)C=CC. The van der Waals surface area contributed by atoms with Gasteiger partial charge in [0.1, 0.15) is 0 Å². The van der Waals surface area contributed by atoms with Crippen LogP contribution in [0.15, 0.2) is 24.3 Å². The molecule has 0 fully saturated rings. The van der Waals surface area contributed by atoms with Crippen LogP contribution < -0.4 is 11.1 Å². The Hall–Kier alpha value is -0.600. The van der Waals surface area contributed by atoms with E-state index in [1.807, 2.05) is 38.2 Å². The van der Waals surface area contributed by atoms with Gasteiger partial charge in [0.25, 0.3) is 0 Å². The van der Waals surface area contributed by atoms with Crippen LogP contribution in [0.1, 0.15) is 13.8 Å². The maximum Gasteiger partial charge on any atom is 0.0741 e. The quantitative estimate of drug-likeness (QED) is 0.452. The largest absolute Gasteiger partial charge is 0.313 e. The number of allylic oxidation sites excluding steroid dienone is 2. The highest BCUT2D eigenvalue weighted by Gasteiger charge is 1.89. The molecule has 0 saturated carbocycles. The molecule has 0 aliphatic carbocycles. The number of rotatable bonds is 4. The van der Waals surface area contributed by atoms with E-state index in [9.17, 15) is 0 Å². The van der Waals surface area contributed by atoms with Crippen LogP contribution >= 0.6 is 0 Å². The van der Waals surface area contributed by atoms with Crippen molar-refractivity contribution in [1.82, 2.24) is 5.32 Å². The molecule has 0 aromatic rings. The predicted molar refractivity (Wildman–Crippen MR) is 45.6 cm³/mol. The van der Waals surface area contributed by atoms with E-state index in [1.54, 1.807) is 0 Å². The smallest absolute Gasteiger partial charge is 0.0741 e. The Labute approximate surface area is 62.8 Å². The molecule has 0 aliphatic rings. The molecule has 0 radical (unpaired) electrons. The number of nitrogens with two attached hydrogens (primary N) is 1. The molecule has 2 heteroatoms. The molecular weight excluding hydrogens is 124 g/mol. The highest BCUT2D eigenvalue weighted by Crippen LogP contribution is 1.76. The molecule has 0 spiro atoms. The summed E-state index contributed by atoms with van der Waals surface area (Å²) in [6.07, 6.45) is 7.87. The third-order valence-corrected chi connectivity index (χ3v) is 1.11. The van der Waals surface area contributed by atoms with Crippen molar-refractivity contribution in [1.29, 1.82) is 0 Å². The van der Waals surface area contributed by atoms with Gasteiger partial charge in [-0.15, -0.1) is 0 Å². The Bertz CT molecular complexity index is 116. The second kappa shape index (κ2) is 6.52. The van der Waals surface area contributed by atoms with Gasteiger partial charge in [0.05, 0.1) is 6.17 Å². The lowest BCUT2D eigenvalue weighted by atomic mass is 10.4. The molecule has 1 atom stereocenters. The van der Waals surface area contributed by atoms with Crippen LogP contribution in [0, 0.1) is 0 Å². The fraction of sp³-hybridized carbons (Fsp3) is 0.500. The second-order valence-corrected chi connectivity index (χ2v) is 2.03. The lowest BCUT2D eigenvalue weighted by Gasteiger charge is -2.05. The van der Waals surface area contributed by atoms with E-state index in [1.165, 1.54) is 0 Å². The first-order chi connectivity index (χ1) is 4.81. The molecule has 0 aliphatic heterocycles. The summed E-state index contributed by atoms with van der Waals surface area (Å²) in [5, 5.41) is 3.09. The van der Waals surface area contributed by atoms with E-state index in [4.69, 9.17) is 5.73 Å². The molecule has 3 N–H and O–H groups in total. The van der Waals surface area contributed by atoms with Crippen molar-refractivity contribution in [2.24, 2.45) is 5.73 Å². The van der Waals surface area contributed by atoms with Crippen LogP contribution in [0.4, 0.5) is 0 Å². The molecular formula is C8H16N2. The molecule has 0 bridgehead atoms. The van der Waals surface area contributed by atoms with Crippen LogP contribution in [0.25, 0.3) is 0 Å². The van der Waals surface area contributed by atoms with E-state index >= 15 is 0 Å². The summed E-state index contributed by atoms with van der Waals surface area (Å²) >= 11 is 0. The van der Waals surface area contributed by atoms with E-state index in [-0.39, 0.29) is 6.17 Å². The van der Waals surface area contributed by atoms with Gasteiger partial charge in [-0.25, -0.2) is 0 Å². The number of hydrogen-bond donors (Lipinski definition) is 2. The molecule has 0 saturated heterocycles. The minimum Gasteiger partial charge on any atom is -0.313 e. The lowest BCUT2D eigenvalue weighted by Crippen LogP contribution is -2.35. The average molecular weight is 140 g/mol. The fourth-order valence-electron chi connectivity index (χ4n) is 0.597. The van der Waals surface area contributed by atoms with Crippen LogP contribution in [0.5, 0.6) is 0 Å². The first-order valence-electron chi connectivity index (χ1n) is 3.54.